The first-order valence-electron chi connectivity index (χ1n) is 4.73. The zero-order chi connectivity index (χ0) is 11.4. The maximum atomic E-state index is 5.17. The number of nitrogens with zero attached hydrogens (tertiary/aromatic N) is 3. The lowest BCUT2D eigenvalue weighted by Crippen LogP contribution is -2.21. The van der Waals surface area contributed by atoms with Crippen molar-refractivity contribution in [2.24, 2.45) is 21.7 Å². The highest BCUT2D eigenvalue weighted by Gasteiger charge is 1.97. The minimum absolute atomic E-state index is 0. The van der Waals surface area contributed by atoms with Crippen LogP contribution in [0.15, 0.2) is 46.7 Å². The van der Waals surface area contributed by atoms with Crippen LogP contribution in [0, 0.1) is 0 Å². The Morgan fingerprint density at radius 3 is 2.71 bits per heavy atom. The lowest BCUT2D eigenvalue weighted by atomic mass is 10.1. The van der Waals surface area contributed by atoms with Crippen molar-refractivity contribution >= 4 is 35.5 Å². The van der Waals surface area contributed by atoms with Gasteiger partial charge in [-0.05, 0) is 12.1 Å². The average Bonchev–Trinajstić information content (AvgIpc) is 2.29. The van der Waals surface area contributed by atoms with Gasteiger partial charge in [0.1, 0.15) is 0 Å². The predicted molar refractivity (Wildman–Crippen MR) is 72.4 cm³/mol. The van der Waals surface area contributed by atoms with Crippen LogP contribution in [0.3, 0.4) is 0 Å². The van der Waals surface area contributed by atoms with Gasteiger partial charge in [0.2, 0.25) is 5.96 Å². The number of hydrogen-bond donors (Lipinski definition) is 2. The summed E-state index contributed by atoms with van der Waals surface area (Å²) in [6.07, 6.45) is 3.32. The Labute approximate surface area is 105 Å². The van der Waals surface area contributed by atoms with Gasteiger partial charge in [-0.25, -0.2) is 0 Å². The third kappa shape index (κ3) is 3.15. The van der Waals surface area contributed by atoms with Crippen molar-refractivity contribution in [2.45, 2.75) is 0 Å². The first kappa shape index (κ1) is 12.9. The second kappa shape index (κ2) is 5.81. The summed E-state index contributed by atoms with van der Waals surface area (Å²) in [6, 6.07) is 9.65. The standard InChI is InChI=1S/C11H11N5.ClH/c12-11(13)16-15-7-8-5-6-14-10-4-2-1-3-9(8)10;/h1-7H,(H4,12,13,16);1H. The number of hydrogen-bond acceptors (Lipinski definition) is 3. The molecule has 5 nitrogen and oxygen atoms in total. The minimum Gasteiger partial charge on any atom is -0.369 e. The van der Waals surface area contributed by atoms with Crippen molar-refractivity contribution in [1.82, 2.24) is 4.98 Å². The second-order valence-corrected chi connectivity index (χ2v) is 3.19. The Bertz CT molecular complexity index is 555. The number of para-hydroxylation sites is 1. The van der Waals surface area contributed by atoms with E-state index in [9.17, 15) is 0 Å². The van der Waals surface area contributed by atoms with Crippen LogP contribution >= 0.6 is 12.4 Å². The summed E-state index contributed by atoms with van der Waals surface area (Å²) in [4.78, 5) is 4.24. The average molecular weight is 250 g/mol. The van der Waals surface area contributed by atoms with E-state index in [2.05, 4.69) is 15.2 Å². The number of benzene rings is 1. The molecule has 17 heavy (non-hydrogen) atoms. The topological polar surface area (TPSA) is 89.7 Å². The van der Waals surface area contributed by atoms with E-state index in [4.69, 9.17) is 11.5 Å². The molecule has 0 spiro atoms. The van der Waals surface area contributed by atoms with Crippen LogP contribution in [0.25, 0.3) is 10.9 Å². The van der Waals surface area contributed by atoms with Crippen molar-refractivity contribution in [2.75, 3.05) is 0 Å². The van der Waals surface area contributed by atoms with E-state index in [0.29, 0.717) is 0 Å². The summed E-state index contributed by atoms with van der Waals surface area (Å²) in [7, 11) is 0. The molecule has 0 unspecified atom stereocenters. The molecule has 0 aliphatic heterocycles. The van der Waals surface area contributed by atoms with Gasteiger partial charge in [0.25, 0.3) is 0 Å². The van der Waals surface area contributed by atoms with Crippen LogP contribution in [0.4, 0.5) is 0 Å². The van der Waals surface area contributed by atoms with Crippen LogP contribution in [0.2, 0.25) is 0 Å². The lowest BCUT2D eigenvalue weighted by Gasteiger charge is -1.99. The van der Waals surface area contributed by atoms with E-state index in [0.717, 1.165) is 16.5 Å². The molecule has 1 aromatic carbocycles. The summed E-state index contributed by atoms with van der Waals surface area (Å²) in [6.45, 7) is 0. The normalized spacial score (nSPS) is 10.1. The van der Waals surface area contributed by atoms with E-state index in [1.807, 2.05) is 30.3 Å². The highest BCUT2D eigenvalue weighted by molar-refractivity contribution is 5.98. The van der Waals surface area contributed by atoms with Gasteiger partial charge in [0.15, 0.2) is 0 Å². The van der Waals surface area contributed by atoms with E-state index < -0.39 is 0 Å². The summed E-state index contributed by atoms with van der Waals surface area (Å²) in [5.41, 5.74) is 12.2. The third-order valence-electron chi connectivity index (χ3n) is 2.05. The highest BCUT2D eigenvalue weighted by Crippen LogP contribution is 2.14. The summed E-state index contributed by atoms with van der Waals surface area (Å²) in [5, 5.41) is 8.34. The number of halogens is 1. The van der Waals surface area contributed by atoms with E-state index in [-0.39, 0.29) is 18.4 Å². The monoisotopic (exact) mass is 249 g/mol. The third-order valence-corrected chi connectivity index (χ3v) is 2.05. The summed E-state index contributed by atoms with van der Waals surface area (Å²) < 4.78 is 0. The van der Waals surface area contributed by atoms with Crippen LogP contribution in [0.1, 0.15) is 5.56 Å². The van der Waals surface area contributed by atoms with Gasteiger partial charge in [-0.15, -0.1) is 17.5 Å². The Morgan fingerprint density at radius 1 is 1.18 bits per heavy atom. The molecule has 0 saturated carbocycles. The molecule has 2 rings (SSSR count). The number of guanidine groups is 1. The molecule has 0 bridgehead atoms. The second-order valence-electron chi connectivity index (χ2n) is 3.19. The fourth-order valence-corrected chi connectivity index (χ4v) is 1.39. The van der Waals surface area contributed by atoms with Crippen molar-refractivity contribution in [3.8, 4) is 0 Å². The molecule has 6 heteroatoms. The van der Waals surface area contributed by atoms with Gasteiger partial charge in [0.05, 0.1) is 11.7 Å². The largest absolute Gasteiger partial charge is 0.369 e. The van der Waals surface area contributed by atoms with E-state index in [1.165, 1.54) is 0 Å². The molecule has 0 aliphatic carbocycles. The predicted octanol–water partition coefficient (Wildman–Crippen LogP) is 1.26. The van der Waals surface area contributed by atoms with Crippen LogP contribution in [-0.2, 0) is 0 Å². The van der Waals surface area contributed by atoms with Gasteiger partial charge in [-0.2, -0.15) is 5.10 Å². The summed E-state index contributed by atoms with van der Waals surface area (Å²) in [5.74, 6) is -0.0605. The minimum atomic E-state index is -0.0605. The fourth-order valence-electron chi connectivity index (χ4n) is 1.39. The molecular weight excluding hydrogens is 238 g/mol. The fraction of sp³-hybridized carbons (Fsp3) is 0. The molecule has 2 aromatic rings. The van der Waals surface area contributed by atoms with Gasteiger partial charge in [-0.1, -0.05) is 18.2 Å². The maximum Gasteiger partial charge on any atom is 0.211 e. The first-order chi connectivity index (χ1) is 7.77. The smallest absolute Gasteiger partial charge is 0.211 e. The van der Waals surface area contributed by atoms with Crippen LogP contribution in [0.5, 0.6) is 0 Å². The molecule has 4 N–H and O–H groups in total. The Balaban J connectivity index is 0.00000144. The van der Waals surface area contributed by atoms with Crippen LogP contribution in [-0.4, -0.2) is 17.2 Å². The number of nitrogens with two attached hydrogens (primary N) is 2. The first-order valence-corrected chi connectivity index (χ1v) is 4.73. The van der Waals surface area contributed by atoms with Gasteiger partial charge < -0.3 is 11.5 Å². The van der Waals surface area contributed by atoms with Gasteiger partial charge in [0, 0.05) is 17.1 Å². The highest BCUT2D eigenvalue weighted by atomic mass is 35.5. The Kier molecular flexibility index (Phi) is 4.42. The zero-order valence-corrected chi connectivity index (χ0v) is 9.76. The number of rotatable bonds is 2. The maximum absolute atomic E-state index is 5.17. The molecule has 0 radical (unpaired) electrons. The molecule has 1 heterocycles. The van der Waals surface area contributed by atoms with Crippen LogP contribution < -0.4 is 11.5 Å². The molecule has 1 aromatic heterocycles. The molecule has 88 valence electrons. The Morgan fingerprint density at radius 2 is 1.94 bits per heavy atom. The number of aromatic nitrogens is 1. The Hall–Kier alpha value is -2.14. The molecule has 0 fully saturated rings. The van der Waals surface area contributed by atoms with Crippen molar-refractivity contribution < 1.29 is 0 Å². The molecular formula is C11H12ClN5. The molecule has 0 amide bonds. The SMILES string of the molecule is Cl.NC(N)=NN=Cc1ccnc2ccccc12. The van der Waals surface area contributed by atoms with Crippen molar-refractivity contribution in [3.63, 3.8) is 0 Å². The van der Waals surface area contributed by atoms with E-state index in [1.54, 1.807) is 12.4 Å². The summed E-state index contributed by atoms with van der Waals surface area (Å²) >= 11 is 0. The molecule has 0 aliphatic rings. The van der Waals surface area contributed by atoms with Crippen molar-refractivity contribution in [3.05, 3.63) is 42.1 Å². The number of fused-ring (bicyclic) bond motifs is 1. The number of pyridine rings is 1. The van der Waals surface area contributed by atoms with Gasteiger partial charge in [-0.3, -0.25) is 4.98 Å². The van der Waals surface area contributed by atoms with Gasteiger partial charge >= 0.3 is 0 Å². The lowest BCUT2D eigenvalue weighted by molar-refractivity contribution is 1.21. The quantitative estimate of drug-likeness (QED) is 0.477. The van der Waals surface area contributed by atoms with E-state index >= 15 is 0 Å². The zero-order valence-electron chi connectivity index (χ0n) is 8.95. The molecule has 0 atom stereocenters. The molecule has 0 saturated heterocycles. The van der Waals surface area contributed by atoms with Crippen molar-refractivity contribution in [1.29, 1.82) is 0 Å².